The third-order valence-electron chi connectivity index (χ3n) is 5.94. The van der Waals surface area contributed by atoms with Gasteiger partial charge in [0.2, 0.25) is 0 Å². The Morgan fingerprint density at radius 3 is 2.69 bits per heavy atom. The summed E-state index contributed by atoms with van der Waals surface area (Å²) in [6.45, 7) is 1.87. The molecular formula is C23H23N5O. The third-order valence-corrected chi connectivity index (χ3v) is 5.94. The van der Waals surface area contributed by atoms with Gasteiger partial charge in [0.05, 0.1) is 5.71 Å². The zero-order valence-electron chi connectivity index (χ0n) is 16.3. The maximum absolute atomic E-state index is 12.6. The van der Waals surface area contributed by atoms with Gasteiger partial charge in [-0.2, -0.15) is 5.10 Å². The molecule has 1 saturated heterocycles. The van der Waals surface area contributed by atoms with Gasteiger partial charge >= 0.3 is 0 Å². The van der Waals surface area contributed by atoms with Gasteiger partial charge in [-0.25, -0.2) is 16.3 Å². The number of pyridine rings is 1. The molecular weight excluding hydrogens is 362 g/mol. The van der Waals surface area contributed by atoms with E-state index in [9.17, 15) is 4.79 Å². The largest absolute Gasteiger partial charge is 0.271 e. The standard InChI is InChI=1S/C23H23N5O/c1-14(15-9-11-24-12-10-15)25-28-23(29)21-13-20(26-27-21)18-8-7-17-6-5-16-3-2-4-19(18)22(16)17/h2-4,7-12,20-21,26-27H,5-6,13H2,1H3,(H,28,29)/b25-14+. The monoisotopic (exact) mass is 385 g/mol. The average Bonchev–Trinajstić information content (AvgIpc) is 3.42. The van der Waals surface area contributed by atoms with E-state index in [2.05, 4.69) is 56.7 Å². The molecule has 6 nitrogen and oxygen atoms in total. The predicted octanol–water partition coefficient (Wildman–Crippen LogP) is 2.78. The van der Waals surface area contributed by atoms with Crippen LogP contribution in [0.3, 0.4) is 0 Å². The lowest BCUT2D eigenvalue weighted by Gasteiger charge is -2.14. The first kappa shape index (κ1) is 18.0. The SMILES string of the molecule is C/C(=N\NC(=O)C1CC(c2ccc3c4c(cccc24)CC3)NN1)c1ccncc1. The fourth-order valence-electron chi connectivity index (χ4n) is 4.38. The highest BCUT2D eigenvalue weighted by molar-refractivity contribution is 5.99. The predicted molar refractivity (Wildman–Crippen MR) is 113 cm³/mol. The Morgan fingerprint density at radius 1 is 1.07 bits per heavy atom. The molecule has 1 aliphatic carbocycles. The molecule has 0 spiro atoms. The summed E-state index contributed by atoms with van der Waals surface area (Å²) >= 11 is 0. The smallest absolute Gasteiger partial charge is 0.258 e. The molecule has 3 aromatic rings. The topological polar surface area (TPSA) is 78.4 Å². The molecule has 1 aromatic heterocycles. The number of rotatable bonds is 4. The Labute approximate surface area is 169 Å². The van der Waals surface area contributed by atoms with Crippen molar-refractivity contribution in [2.24, 2.45) is 5.10 Å². The molecule has 3 N–H and O–H groups in total. The van der Waals surface area contributed by atoms with E-state index in [0.29, 0.717) is 6.42 Å². The molecule has 0 saturated carbocycles. The van der Waals surface area contributed by atoms with Gasteiger partial charge in [-0.15, -0.1) is 0 Å². The number of carbonyl (C=O) groups excluding carboxylic acids is 1. The lowest BCUT2D eigenvalue weighted by atomic mass is 9.93. The molecule has 29 heavy (non-hydrogen) atoms. The van der Waals surface area contributed by atoms with E-state index in [1.54, 1.807) is 12.4 Å². The van der Waals surface area contributed by atoms with Crippen LogP contribution in [0.4, 0.5) is 0 Å². The number of hydrazone groups is 1. The van der Waals surface area contributed by atoms with Gasteiger partial charge in [0.1, 0.15) is 6.04 Å². The number of aromatic nitrogens is 1. The number of carbonyl (C=O) groups is 1. The molecule has 1 aliphatic heterocycles. The van der Waals surface area contributed by atoms with Crippen molar-refractivity contribution in [3.8, 4) is 0 Å². The van der Waals surface area contributed by atoms with E-state index in [1.807, 2.05) is 19.1 Å². The number of hydrazine groups is 1. The molecule has 1 amide bonds. The van der Waals surface area contributed by atoms with Crippen LogP contribution in [0.25, 0.3) is 10.8 Å². The minimum atomic E-state index is -0.336. The fraction of sp³-hybridized carbons (Fsp3) is 0.261. The highest BCUT2D eigenvalue weighted by Gasteiger charge is 2.31. The number of benzene rings is 2. The van der Waals surface area contributed by atoms with E-state index in [-0.39, 0.29) is 18.0 Å². The Hall–Kier alpha value is -3.09. The first-order valence-electron chi connectivity index (χ1n) is 9.99. The second kappa shape index (κ2) is 7.39. The van der Waals surface area contributed by atoms with Crippen LogP contribution < -0.4 is 16.3 Å². The maximum Gasteiger partial charge on any atom is 0.258 e. The number of hydrogen-bond acceptors (Lipinski definition) is 5. The summed E-state index contributed by atoms with van der Waals surface area (Å²) in [5.41, 5.74) is 14.9. The number of nitrogens with one attached hydrogen (secondary N) is 3. The van der Waals surface area contributed by atoms with Crippen LogP contribution in [0.15, 0.2) is 60.0 Å². The Morgan fingerprint density at radius 2 is 1.86 bits per heavy atom. The normalized spacial score (nSPS) is 20.9. The van der Waals surface area contributed by atoms with Gasteiger partial charge in [0.15, 0.2) is 0 Å². The van der Waals surface area contributed by atoms with Gasteiger partial charge in [-0.05, 0) is 65.8 Å². The second-order valence-electron chi connectivity index (χ2n) is 7.69. The maximum atomic E-state index is 12.6. The lowest BCUT2D eigenvalue weighted by Crippen LogP contribution is -2.41. The van der Waals surface area contributed by atoms with E-state index in [4.69, 9.17) is 0 Å². The van der Waals surface area contributed by atoms with E-state index in [1.165, 1.54) is 27.5 Å². The van der Waals surface area contributed by atoms with Gasteiger partial charge in [-0.3, -0.25) is 9.78 Å². The van der Waals surface area contributed by atoms with Crippen molar-refractivity contribution >= 4 is 22.4 Å². The van der Waals surface area contributed by atoms with Crippen molar-refractivity contribution in [3.63, 3.8) is 0 Å². The Balaban J connectivity index is 1.31. The molecule has 0 radical (unpaired) electrons. The summed E-state index contributed by atoms with van der Waals surface area (Å²) in [5, 5.41) is 6.94. The van der Waals surface area contributed by atoms with Crippen LogP contribution >= 0.6 is 0 Å². The van der Waals surface area contributed by atoms with Crippen molar-refractivity contribution < 1.29 is 4.79 Å². The quantitative estimate of drug-likeness (QED) is 0.477. The van der Waals surface area contributed by atoms with Gasteiger partial charge < -0.3 is 0 Å². The summed E-state index contributed by atoms with van der Waals surface area (Å²) in [6, 6.07) is 14.5. The molecule has 2 unspecified atom stereocenters. The highest BCUT2D eigenvalue weighted by atomic mass is 16.2. The molecule has 146 valence electrons. The van der Waals surface area contributed by atoms with Crippen molar-refractivity contribution in [1.29, 1.82) is 0 Å². The summed E-state index contributed by atoms with van der Waals surface area (Å²) in [7, 11) is 0. The van der Waals surface area contributed by atoms with Crippen molar-refractivity contribution in [2.45, 2.75) is 38.3 Å². The zero-order valence-corrected chi connectivity index (χ0v) is 16.3. The summed E-state index contributed by atoms with van der Waals surface area (Å²) < 4.78 is 0. The number of nitrogens with zero attached hydrogens (tertiary/aromatic N) is 2. The van der Waals surface area contributed by atoms with Crippen LogP contribution in [-0.4, -0.2) is 22.6 Å². The molecule has 2 aromatic carbocycles. The lowest BCUT2D eigenvalue weighted by molar-refractivity contribution is -0.122. The average molecular weight is 385 g/mol. The van der Waals surface area contributed by atoms with Gasteiger partial charge in [-0.1, -0.05) is 30.3 Å². The summed E-state index contributed by atoms with van der Waals surface area (Å²) in [6.07, 6.45) is 6.33. The van der Waals surface area contributed by atoms with Crippen LogP contribution in [0.1, 0.15) is 41.6 Å². The number of hydrogen-bond donors (Lipinski definition) is 3. The minimum absolute atomic E-state index is 0.0842. The number of aryl methyl sites for hydroxylation is 2. The molecule has 0 bridgehead atoms. The first-order chi connectivity index (χ1) is 14.2. The van der Waals surface area contributed by atoms with Crippen LogP contribution in [0, 0.1) is 0 Å². The van der Waals surface area contributed by atoms with Gasteiger partial charge in [0, 0.05) is 24.0 Å². The van der Waals surface area contributed by atoms with Crippen LogP contribution in [-0.2, 0) is 17.6 Å². The van der Waals surface area contributed by atoms with Crippen molar-refractivity contribution in [1.82, 2.24) is 21.3 Å². The first-order valence-corrected chi connectivity index (χ1v) is 9.99. The molecule has 2 aliphatic rings. The number of amides is 1. The summed E-state index contributed by atoms with van der Waals surface area (Å²) in [4.78, 5) is 16.6. The Bertz CT molecular complexity index is 1100. The molecule has 2 atom stereocenters. The Kier molecular flexibility index (Phi) is 4.58. The molecule has 6 heteroatoms. The van der Waals surface area contributed by atoms with Crippen LogP contribution in [0.2, 0.25) is 0 Å². The third kappa shape index (κ3) is 3.30. The van der Waals surface area contributed by atoms with Crippen LogP contribution in [0.5, 0.6) is 0 Å². The molecule has 1 fully saturated rings. The zero-order chi connectivity index (χ0) is 19.8. The van der Waals surface area contributed by atoms with Crippen molar-refractivity contribution in [3.05, 3.63) is 77.1 Å². The fourth-order valence-corrected chi connectivity index (χ4v) is 4.38. The second-order valence-corrected chi connectivity index (χ2v) is 7.69. The van der Waals surface area contributed by atoms with E-state index >= 15 is 0 Å². The molecule has 2 heterocycles. The minimum Gasteiger partial charge on any atom is -0.271 e. The van der Waals surface area contributed by atoms with Crippen molar-refractivity contribution in [2.75, 3.05) is 0 Å². The highest BCUT2D eigenvalue weighted by Crippen LogP contribution is 2.36. The molecule has 5 rings (SSSR count). The van der Waals surface area contributed by atoms with Gasteiger partial charge in [0.25, 0.3) is 5.91 Å². The van der Waals surface area contributed by atoms with E-state index in [0.717, 1.165) is 24.1 Å². The van der Waals surface area contributed by atoms with E-state index < -0.39 is 0 Å². The summed E-state index contributed by atoms with van der Waals surface area (Å²) in [5.74, 6) is -0.140.